The van der Waals surface area contributed by atoms with Crippen LogP contribution in [0.3, 0.4) is 0 Å². The fourth-order valence-electron chi connectivity index (χ4n) is 2.23. The van der Waals surface area contributed by atoms with Crippen molar-refractivity contribution in [2.75, 3.05) is 33.3 Å². The van der Waals surface area contributed by atoms with Crippen molar-refractivity contribution in [1.82, 2.24) is 9.80 Å². The first-order valence-corrected chi connectivity index (χ1v) is 7.21. The van der Waals surface area contributed by atoms with Crippen LogP contribution in [0.5, 0.6) is 0 Å². The highest BCUT2D eigenvalue weighted by Crippen LogP contribution is 2.21. The van der Waals surface area contributed by atoms with Crippen molar-refractivity contribution in [3.63, 3.8) is 0 Å². The van der Waals surface area contributed by atoms with Gasteiger partial charge in [0.05, 0.1) is 7.11 Å². The second-order valence-electron chi connectivity index (χ2n) is 4.66. The summed E-state index contributed by atoms with van der Waals surface area (Å²) in [7, 11) is 1.37. The van der Waals surface area contributed by atoms with Gasteiger partial charge in [-0.15, -0.1) is 0 Å². The first-order valence-electron chi connectivity index (χ1n) is 6.42. The van der Waals surface area contributed by atoms with Crippen LogP contribution in [-0.4, -0.2) is 55.1 Å². The molecule has 1 aliphatic rings. The monoisotopic (exact) mass is 340 g/mol. The average molecular weight is 341 g/mol. The number of carbonyl (C=O) groups excluding carboxylic acids is 2. The highest BCUT2D eigenvalue weighted by Gasteiger charge is 2.26. The molecule has 0 bridgehead atoms. The number of rotatable bonds is 1. The van der Waals surface area contributed by atoms with Crippen molar-refractivity contribution in [3.8, 4) is 0 Å². The average Bonchev–Trinajstić information content (AvgIpc) is 2.48. The highest BCUT2D eigenvalue weighted by molar-refractivity contribution is 9.10. The Morgan fingerprint density at radius 2 is 1.75 bits per heavy atom. The molecule has 2 rings (SSSR count). The molecule has 1 fully saturated rings. The van der Waals surface area contributed by atoms with E-state index < -0.39 is 0 Å². The quantitative estimate of drug-likeness (QED) is 0.788. The van der Waals surface area contributed by atoms with Gasteiger partial charge in [-0.1, -0.05) is 22.0 Å². The predicted molar refractivity (Wildman–Crippen MR) is 78.8 cm³/mol. The van der Waals surface area contributed by atoms with Crippen LogP contribution in [0.4, 0.5) is 4.79 Å². The zero-order chi connectivity index (χ0) is 14.7. The van der Waals surface area contributed by atoms with Crippen molar-refractivity contribution >= 4 is 27.9 Å². The molecule has 0 atom stereocenters. The van der Waals surface area contributed by atoms with Gasteiger partial charge in [0.25, 0.3) is 5.91 Å². The molecule has 0 radical (unpaired) electrons. The summed E-state index contributed by atoms with van der Waals surface area (Å²) in [6.45, 7) is 3.98. The van der Waals surface area contributed by atoms with Crippen LogP contribution in [0.2, 0.25) is 0 Å². The predicted octanol–water partition coefficient (Wildman–Crippen LogP) is 2.28. The van der Waals surface area contributed by atoms with Gasteiger partial charge < -0.3 is 14.5 Å². The molecule has 1 saturated heterocycles. The van der Waals surface area contributed by atoms with Gasteiger partial charge in [0.1, 0.15) is 0 Å². The zero-order valence-corrected chi connectivity index (χ0v) is 13.1. The van der Waals surface area contributed by atoms with Crippen LogP contribution in [0.25, 0.3) is 0 Å². The van der Waals surface area contributed by atoms with Crippen LogP contribution in [-0.2, 0) is 4.74 Å². The maximum Gasteiger partial charge on any atom is 0.409 e. The van der Waals surface area contributed by atoms with Crippen LogP contribution in [0.1, 0.15) is 15.9 Å². The third-order valence-corrected chi connectivity index (χ3v) is 4.36. The van der Waals surface area contributed by atoms with Gasteiger partial charge >= 0.3 is 6.09 Å². The number of amides is 2. The molecule has 5 nitrogen and oxygen atoms in total. The number of ether oxygens (including phenoxy) is 1. The van der Waals surface area contributed by atoms with Gasteiger partial charge in [-0.2, -0.15) is 0 Å². The summed E-state index contributed by atoms with van der Waals surface area (Å²) in [6.07, 6.45) is -0.337. The number of methoxy groups -OCH3 is 1. The van der Waals surface area contributed by atoms with E-state index >= 15 is 0 Å². The van der Waals surface area contributed by atoms with Gasteiger partial charge in [-0.05, 0) is 24.6 Å². The lowest BCUT2D eigenvalue weighted by Gasteiger charge is -2.34. The molecule has 1 aromatic rings. The van der Waals surface area contributed by atoms with Gasteiger partial charge in [0.2, 0.25) is 0 Å². The summed E-state index contributed by atoms with van der Waals surface area (Å²) in [4.78, 5) is 27.3. The number of halogens is 1. The SMILES string of the molecule is COC(=O)N1CCN(C(=O)c2cccc(Br)c2C)CC1. The van der Waals surface area contributed by atoms with E-state index in [4.69, 9.17) is 0 Å². The van der Waals surface area contributed by atoms with Gasteiger partial charge in [0.15, 0.2) is 0 Å². The Labute approximate surface area is 126 Å². The fraction of sp³-hybridized carbons (Fsp3) is 0.429. The molecular weight excluding hydrogens is 324 g/mol. The van der Waals surface area contributed by atoms with E-state index in [1.807, 2.05) is 25.1 Å². The smallest absolute Gasteiger partial charge is 0.409 e. The number of hydrogen-bond acceptors (Lipinski definition) is 3. The molecule has 0 saturated carbocycles. The Kier molecular flexibility index (Phi) is 4.65. The number of benzene rings is 1. The summed E-state index contributed by atoms with van der Waals surface area (Å²) in [5.41, 5.74) is 1.64. The molecule has 6 heteroatoms. The summed E-state index contributed by atoms with van der Waals surface area (Å²) >= 11 is 3.44. The van der Waals surface area contributed by atoms with Gasteiger partial charge in [-0.25, -0.2) is 4.79 Å². The molecule has 0 N–H and O–H groups in total. The number of carbonyl (C=O) groups is 2. The zero-order valence-electron chi connectivity index (χ0n) is 11.6. The van der Waals surface area contributed by atoms with Gasteiger partial charge in [0, 0.05) is 36.2 Å². The normalized spacial score (nSPS) is 15.2. The Hall–Kier alpha value is -1.56. The van der Waals surface area contributed by atoms with E-state index in [1.54, 1.807) is 9.80 Å². The van der Waals surface area contributed by atoms with Crippen LogP contribution >= 0.6 is 15.9 Å². The van der Waals surface area contributed by atoms with Crippen molar-refractivity contribution in [2.45, 2.75) is 6.92 Å². The molecule has 1 aliphatic heterocycles. The summed E-state index contributed by atoms with van der Waals surface area (Å²) < 4.78 is 5.61. The fourth-order valence-corrected chi connectivity index (χ4v) is 2.60. The van der Waals surface area contributed by atoms with Crippen molar-refractivity contribution < 1.29 is 14.3 Å². The van der Waals surface area contributed by atoms with Crippen LogP contribution < -0.4 is 0 Å². The Balaban J connectivity index is 2.05. The summed E-state index contributed by atoms with van der Waals surface area (Å²) in [6, 6.07) is 5.60. The molecule has 0 aromatic heterocycles. The lowest BCUT2D eigenvalue weighted by molar-refractivity contribution is 0.0599. The van der Waals surface area contributed by atoms with Gasteiger partial charge in [-0.3, -0.25) is 4.79 Å². The largest absolute Gasteiger partial charge is 0.453 e. The first kappa shape index (κ1) is 14.8. The Morgan fingerprint density at radius 1 is 1.15 bits per heavy atom. The molecule has 20 heavy (non-hydrogen) atoms. The van der Waals surface area contributed by atoms with Crippen LogP contribution in [0, 0.1) is 6.92 Å². The maximum absolute atomic E-state index is 12.5. The number of piperazine rings is 1. The van der Waals surface area contributed by atoms with E-state index in [2.05, 4.69) is 20.7 Å². The number of hydrogen-bond donors (Lipinski definition) is 0. The Morgan fingerprint density at radius 3 is 2.35 bits per heavy atom. The van der Waals surface area contributed by atoms with E-state index in [0.717, 1.165) is 10.0 Å². The van der Waals surface area contributed by atoms with Crippen molar-refractivity contribution in [2.24, 2.45) is 0 Å². The van der Waals surface area contributed by atoms with E-state index in [-0.39, 0.29) is 12.0 Å². The lowest BCUT2D eigenvalue weighted by atomic mass is 10.1. The maximum atomic E-state index is 12.5. The molecule has 1 heterocycles. The van der Waals surface area contributed by atoms with Crippen molar-refractivity contribution in [3.05, 3.63) is 33.8 Å². The molecule has 1 aromatic carbocycles. The second kappa shape index (κ2) is 6.26. The molecule has 2 amide bonds. The second-order valence-corrected chi connectivity index (χ2v) is 5.52. The molecule has 0 aliphatic carbocycles. The standard InChI is InChI=1S/C14H17BrN2O3/c1-10-11(4-3-5-12(10)15)13(18)16-6-8-17(9-7-16)14(19)20-2/h3-5H,6-9H2,1-2H3. The topological polar surface area (TPSA) is 49.9 Å². The molecule has 108 valence electrons. The van der Waals surface area contributed by atoms with Crippen LogP contribution in [0.15, 0.2) is 22.7 Å². The van der Waals surface area contributed by atoms with E-state index in [1.165, 1.54) is 7.11 Å². The molecule has 0 spiro atoms. The minimum Gasteiger partial charge on any atom is -0.453 e. The van der Waals surface area contributed by atoms with Crippen molar-refractivity contribution in [1.29, 1.82) is 0 Å². The minimum atomic E-state index is -0.337. The number of nitrogens with zero attached hydrogens (tertiary/aromatic N) is 2. The third-order valence-electron chi connectivity index (χ3n) is 3.50. The summed E-state index contributed by atoms with van der Waals surface area (Å²) in [5, 5.41) is 0. The minimum absolute atomic E-state index is 0.00770. The van der Waals surface area contributed by atoms with E-state index in [0.29, 0.717) is 31.7 Å². The Bertz CT molecular complexity index is 525. The molecular formula is C14H17BrN2O3. The van der Waals surface area contributed by atoms with E-state index in [9.17, 15) is 9.59 Å². The first-order chi connectivity index (χ1) is 9.54. The summed E-state index contributed by atoms with van der Waals surface area (Å²) in [5.74, 6) is 0.00770. The third kappa shape index (κ3) is 2.95. The lowest BCUT2D eigenvalue weighted by Crippen LogP contribution is -2.50. The highest BCUT2D eigenvalue weighted by atomic mass is 79.9. The molecule has 0 unspecified atom stereocenters.